The minimum absolute atomic E-state index is 0.143. The Bertz CT molecular complexity index is 715. The molecule has 0 saturated carbocycles. The van der Waals surface area contributed by atoms with Gasteiger partial charge in [-0.1, -0.05) is 6.07 Å². The molecule has 0 saturated heterocycles. The summed E-state index contributed by atoms with van der Waals surface area (Å²) in [4.78, 5) is 4.25. The van der Waals surface area contributed by atoms with Crippen LogP contribution >= 0.6 is 27.3 Å². The maximum atomic E-state index is 12.4. The van der Waals surface area contributed by atoms with Gasteiger partial charge in [-0.2, -0.15) is 0 Å². The van der Waals surface area contributed by atoms with Crippen LogP contribution in [0.5, 0.6) is 0 Å². The fraction of sp³-hybridized carbons (Fsp3) is 0.308. The molecule has 0 radical (unpaired) electrons. The number of aromatic nitrogens is 1. The first-order chi connectivity index (χ1) is 9.94. The van der Waals surface area contributed by atoms with Gasteiger partial charge in [0.25, 0.3) is 0 Å². The predicted octanol–water partition coefficient (Wildman–Crippen LogP) is 2.23. The SMILES string of the molecule is Cc1cc(CO)cc(S(=O)(=O)NCCc2cscn2)c1Br. The van der Waals surface area contributed by atoms with Gasteiger partial charge in [-0.15, -0.1) is 11.3 Å². The Kier molecular flexibility index (Phi) is 5.50. The molecule has 0 unspecified atom stereocenters. The number of thiazole rings is 1. The zero-order valence-corrected chi connectivity index (χ0v) is 14.6. The van der Waals surface area contributed by atoms with Gasteiger partial charge in [0.2, 0.25) is 10.0 Å². The summed E-state index contributed by atoms with van der Waals surface area (Å²) in [5.74, 6) is 0. The van der Waals surface area contributed by atoms with Crippen molar-refractivity contribution in [3.8, 4) is 0 Å². The van der Waals surface area contributed by atoms with Gasteiger partial charge in [-0.25, -0.2) is 18.1 Å². The fourth-order valence-corrected chi connectivity index (χ4v) is 4.54. The maximum absolute atomic E-state index is 12.4. The molecule has 0 bridgehead atoms. The minimum atomic E-state index is -3.63. The van der Waals surface area contributed by atoms with Crippen molar-refractivity contribution in [2.24, 2.45) is 0 Å². The Morgan fingerprint density at radius 2 is 2.19 bits per heavy atom. The number of benzene rings is 1. The van der Waals surface area contributed by atoms with E-state index in [9.17, 15) is 13.5 Å². The van der Waals surface area contributed by atoms with Gasteiger partial charge >= 0.3 is 0 Å². The highest BCUT2D eigenvalue weighted by atomic mass is 79.9. The van der Waals surface area contributed by atoms with Crippen LogP contribution in [0.2, 0.25) is 0 Å². The van der Waals surface area contributed by atoms with Gasteiger partial charge in [0.15, 0.2) is 0 Å². The smallest absolute Gasteiger partial charge is 0.241 e. The molecule has 0 spiro atoms. The molecule has 1 aromatic carbocycles. The molecule has 0 atom stereocenters. The summed E-state index contributed by atoms with van der Waals surface area (Å²) >= 11 is 4.78. The van der Waals surface area contributed by atoms with E-state index in [1.807, 2.05) is 5.38 Å². The highest BCUT2D eigenvalue weighted by molar-refractivity contribution is 9.10. The van der Waals surface area contributed by atoms with Crippen LogP contribution in [0.25, 0.3) is 0 Å². The normalized spacial score (nSPS) is 11.8. The number of sulfonamides is 1. The Morgan fingerprint density at radius 3 is 2.81 bits per heavy atom. The largest absolute Gasteiger partial charge is 0.392 e. The molecule has 2 aromatic rings. The van der Waals surface area contributed by atoms with Gasteiger partial charge < -0.3 is 5.11 Å². The second-order valence-electron chi connectivity index (χ2n) is 4.51. The van der Waals surface area contributed by atoms with E-state index in [0.29, 0.717) is 16.5 Å². The third kappa shape index (κ3) is 4.10. The highest BCUT2D eigenvalue weighted by Crippen LogP contribution is 2.27. The molecule has 0 aliphatic carbocycles. The molecular formula is C13H15BrN2O3S2. The third-order valence-corrected chi connectivity index (χ3v) is 6.35. The number of halogens is 1. The molecule has 8 heteroatoms. The van der Waals surface area contributed by atoms with E-state index in [2.05, 4.69) is 25.6 Å². The van der Waals surface area contributed by atoms with Crippen LogP contribution in [0.3, 0.4) is 0 Å². The van der Waals surface area contributed by atoms with Crippen molar-refractivity contribution in [3.63, 3.8) is 0 Å². The standard InChI is InChI=1S/C13H15BrN2O3S2/c1-9-4-10(6-17)5-12(13(9)14)21(18,19)16-3-2-11-7-20-8-15-11/h4-5,7-8,16-17H,2-3,6H2,1H3. The molecule has 0 amide bonds. The molecule has 2 rings (SSSR count). The Labute approximate surface area is 136 Å². The van der Waals surface area contributed by atoms with Gasteiger partial charge in [-0.05, 0) is 40.0 Å². The second-order valence-corrected chi connectivity index (χ2v) is 7.76. The number of hydrogen-bond acceptors (Lipinski definition) is 5. The van der Waals surface area contributed by atoms with Crippen molar-refractivity contribution in [2.75, 3.05) is 6.54 Å². The summed E-state index contributed by atoms with van der Waals surface area (Å²) in [7, 11) is -3.63. The molecule has 2 N–H and O–H groups in total. The van der Waals surface area contributed by atoms with Crippen LogP contribution in [-0.4, -0.2) is 25.1 Å². The topological polar surface area (TPSA) is 79.3 Å². The van der Waals surface area contributed by atoms with Crippen molar-refractivity contribution >= 4 is 37.3 Å². The number of aliphatic hydroxyl groups excluding tert-OH is 1. The van der Waals surface area contributed by atoms with Crippen LogP contribution in [0.1, 0.15) is 16.8 Å². The molecule has 1 heterocycles. The lowest BCUT2D eigenvalue weighted by molar-refractivity contribution is 0.281. The van der Waals surface area contributed by atoms with Crippen molar-refractivity contribution < 1.29 is 13.5 Å². The fourth-order valence-electron chi connectivity index (χ4n) is 1.85. The Balaban J connectivity index is 2.17. The molecule has 0 fully saturated rings. The van der Waals surface area contributed by atoms with E-state index < -0.39 is 10.0 Å². The van der Waals surface area contributed by atoms with Crippen molar-refractivity contribution in [1.29, 1.82) is 0 Å². The lowest BCUT2D eigenvalue weighted by atomic mass is 10.1. The highest BCUT2D eigenvalue weighted by Gasteiger charge is 2.19. The van der Waals surface area contributed by atoms with Gasteiger partial charge in [0.05, 0.1) is 22.7 Å². The van der Waals surface area contributed by atoms with Crippen LogP contribution in [0.15, 0.2) is 32.4 Å². The van der Waals surface area contributed by atoms with Gasteiger partial charge in [0.1, 0.15) is 0 Å². The molecule has 1 aromatic heterocycles. The monoisotopic (exact) mass is 390 g/mol. The predicted molar refractivity (Wildman–Crippen MR) is 85.8 cm³/mol. The van der Waals surface area contributed by atoms with Crippen molar-refractivity contribution in [3.05, 3.63) is 44.3 Å². The third-order valence-electron chi connectivity index (χ3n) is 2.91. The molecule has 0 aliphatic heterocycles. The number of nitrogens with one attached hydrogen (secondary N) is 1. The summed E-state index contributed by atoms with van der Waals surface area (Å²) in [5, 5.41) is 11.1. The molecule has 114 valence electrons. The summed E-state index contributed by atoms with van der Waals surface area (Å²) in [6, 6.07) is 3.22. The number of aryl methyl sites for hydroxylation is 1. The van der Waals surface area contributed by atoms with Crippen LogP contribution in [0.4, 0.5) is 0 Å². The zero-order chi connectivity index (χ0) is 15.5. The maximum Gasteiger partial charge on any atom is 0.241 e. The second kappa shape index (κ2) is 6.97. The first-order valence-corrected chi connectivity index (χ1v) is 9.42. The summed E-state index contributed by atoms with van der Waals surface area (Å²) < 4.78 is 27.8. The summed E-state index contributed by atoms with van der Waals surface area (Å²) in [5.41, 5.74) is 3.91. The van der Waals surface area contributed by atoms with E-state index in [-0.39, 0.29) is 18.0 Å². The van der Waals surface area contributed by atoms with Crippen LogP contribution in [-0.2, 0) is 23.1 Å². The van der Waals surface area contributed by atoms with Crippen molar-refractivity contribution in [1.82, 2.24) is 9.71 Å². The summed E-state index contributed by atoms with van der Waals surface area (Å²) in [6.07, 6.45) is 0.541. The number of nitrogens with zero attached hydrogens (tertiary/aromatic N) is 1. The van der Waals surface area contributed by atoms with E-state index in [0.717, 1.165) is 11.3 Å². The van der Waals surface area contributed by atoms with Crippen LogP contribution in [0, 0.1) is 6.92 Å². The summed E-state index contributed by atoms with van der Waals surface area (Å²) in [6.45, 7) is 1.87. The first-order valence-electron chi connectivity index (χ1n) is 6.20. The van der Waals surface area contributed by atoms with E-state index in [1.165, 1.54) is 17.4 Å². The van der Waals surface area contributed by atoms with E-state index in [1.54, 1.807) is 18.5 Å². The zero-order valence-electron chi connectivity index (χ0n) is 11.3. The Hall–Kier alpha value is -0.800. The average molecular weight is 391 g/mol. The lowest BCUT2D eigenvalue weighted by Gasteiger charge is -2.11. The van der Waals surface area contributed by atoms with E-state index >= 15 is 0 Å². The van der Waals surface area contributed by atoms with Crippen LogP contribution < -0.4 is 4.72 Å². The van der Waals surface area contributed by atoms with Gasteiger partial charge in [0, 0.05) is 22.8 Å². The number of aliphatic hydroxyl groups is 1. The molecular weight excluding hydrogens is 376 g/mol. The van der Waals surface area contributed by atoms with Crippen molar-refractivity contribution in [2.45, 2.75) is 24.8 Å². The minimum Gasteiger partial charge on any atom is -0.392 e. The number of hydrogen-bond donors (Lipinski definition) is 2. The molecule has 0 aliphatic rings. The molecule has 5 nitrogen and oxygen atoms in total. The lowest BCUT2D eigenvalue weighted by Crippen LogP contribution is -2.26. The Morgan fingerprint density at radius 1 is 1.43 bits per heavy atom. The first kappa shape index (κ1) is 16.6. The number of rotatable bonds is 6. The average Bonchev–Trinajstić information content (AvgIpc) is 2.94. The van der Waals surface area contributed by atoms with Gasteiger partial charge in [-0.3, -0.25) is 0 Å². The van der Waals surface area contributed by atoms with E-state index in [4.69, 9.17) is 0 Å². The quantitative estimate of drug-likeness (QED) is 0.792. The molecule has 21 heavy (non-hydrogen) atoms.